The zero-order valence-corrected chi connectivity index (χ0v) is 12.8. The molecule has 0 amide bonds. The van der Waals surface area contributed by atoms with E-state index < -0.39 is 0 Å². The number of fused-ring (bicyclic) bond motifs is 1. The fourth-order valence-electron chi connectivity index (χ4n) is 2.91. The summed E-state index contributed by atoms with van der Waals surface area (Å²) < 4.78 is 6.07. The van der Waals surface area contributed by atoms with Crippen LogP contribution in [-0.4, -0.2) is 7.05 Å². The summed E-state index contributed by atoms with van der Waals surface area (Å²) in [5.41, 5.74) is 4.85. The van der Waals surface area contributed by atoms with Gasteiger partial charge in [-0.25, -0.2) is 0 Å². The highest BCUT2D eigenvalue weighted by molar-refractivity contribution is 5.79. The van der Waals surface area contributed by atoms with Crippen molar-refractivity contribution < 1.29 is 4.42 Å². The van der Waals surface area contributed by atoms with Crippen LogP contribution < -0.4 is 5.32 Å². The van der Waals surface area contributed by atoms with Crippen LogP contribution in [0, 0.1) is 6.92 Å². The molecule has 2 heteroatoms. The fourth-order valence-corrected chi connectivity index (χ4v) is 2.91. The molecule has 0 aliphatic heterocycles. The topological polar surface area (TPSA) is 25.2 Å². The van der Waals surface area contributed by atoms with E-state index in [0.717, 1.165) is 17.8 Å². The highest BCUT2D eigenvalue weighted by atomic mass is 16.3. The van der Waals surface area contributed by atoms with E-state index in [1.54, 1.807) is 0 Å². The van der Waals surface area contributed by atoms with E-state index in [-0.39, 0.29) is 6.04 Å². The summed E-state index contributed by atoms with van der Waals surface area (Å²) in [5, 5.41) is 4.56. The molecule has 0 aliphatic rings. The molecule has 0 aliphatic carbocycles. The van der Waals surface area contributed by atoms with Crippen LogP contribution in [0.1, 0.15) is 35.4 Å². The molecule has 3 rings (SSSR count). The number of hydrogen-bond donors (Lipinski definition) is 1. The molecule has 1 aromatic heterocycles. The van der Waals surface area contributed by atoms with Gasteiger partial charge >= 0.3 is 0 Å². The van der Waals surface area contributed by atoms with E-state index in [1.807, 2.05) is 13.1 Å². The van der Waals surface area contributed by atoms with E-state index in [9.17, 15) is 0 Å². The van der Waals surface area contributed by atoms with Crippen LogP contribution in [0.15, 0.2) is 52.9 Å². The molecule has 1 heterocycles. The standard InChI is InChI=1S/C19H21NO/c1-4-14-7-5-6-8-16(14)19(20-3)18-12-15-11-13(2)9-10-17(15)21-18/h5-12,19-20H,4H2,1-3H3. The Morgan fingerprint density at radius 1 is 1.10 bits per heavy atom. The molecule has 0 radical (unpaired) electrons. The first kappa shape index (κ1) is 13.9. The first-order valence-electron chi connectivity index (χ1n) is 7.48. The summed E-state index contributed by atoms with van der Waals surface area (Å²) in [6, 6.07) is 17.1. The van der Waals surface area contributed by atoms with Gasteiger partial charge < -0.3 is 9.73 Å². The van der Waals surface area contributed by atoms with Crippen molar-refractivity contribution in [1.82, 2.24) is 5.32 Å². The van der Waals surface area contributed by atoms with Gasteiger partial charge in [-0.3, -0.25) is 0 Å². The van der Waals surface area contributed by atoms with Crippen LogP contribution in [0.4, 0.5) is 0 Å². The summed E-state index contributed by atoms with van der Waals surface area (Å²) in [6.07, 6.45) is 1.02. The maximum absolute atomic E-state index is 6.07. The van der Waals surface area contributed by atoms with Gasteiger partial charge in [0.05, 0.1) is 6.04 Å². The van der Waals surface area contributed by atoms with E-state index in [1.165, 1.54) is 22.1 Å². The van der Waals surface area contributed by atoms with Crippen LogP contribution in [0.25, 0.3) is 11.0 Å². The largest absolute Gasteiger partial charge is 0.459 e. The second-order valence-corrected chi connectivity index (χ2v) is 5.46. The molecule has 2 nitrogen and oxygen atoms in total. The predicted molar refractivity (Wildman–Crippen MR) is 87.7 cm³/mol. The Balaban J connectivity index is 2.09. The molecular weight excluding hydrogens is 258 g/mol. The Labute approximate surface area is 125 Å². The van der Waals surface area contributed by atoms with Crippen LogP contribution >= 0.6 is 0 Å². The summed E-state index contributed by atoms with van der Waals surface area (Å²) in [4.78, 5) is 0. The number of benzene rings is 2. The molecule has 1 N–H and O–H groups in total. The second kappa shape index (κ2) is 5.74. The molecule has 1 atom stereocenters. The van der Waals surface area contributed by atoms with Crippen molar-refractivity contribution in [3.63, 3.8) is 0 Å². The molecule has 2 aromatic carbocycles. The third-order valence-corrected chi connectivity index (χ3v) is 4.01. The quantitative estimate of drug-likeness (QED) is 0.754. The van der Waals surface area contributed by atoms with Gasteiger partial charge in [0.2, 0.25) is 0 Å². The van der Waals surface area contributed by atoms with E-state index in [4.69, 9.17) is 4.42 Å². The first-order chi connectivity index (χ1) is 10.2. The SMILES string of the molecule is CCc1ccccc1C(NC)c1cc2cc(C)ccc2o1. The number of rotatable bonds is 4. The van der Waals surface area contributed by atoms with Crippen LogP contribution in [-0.2, 0) is 6.42 Å². The summed E-state index contributed by atoms with van der Waals surface area (Å²) in [6.45, 7) is 4.29. The predicted octanol–water partition coefficient (Wildman–Crippen LogP) is 4.61. The average molecular weight is 279 g/mol. The molecule has 0 saturated heterocycles. The Kier molecular flexibility index (Phi) is 3.80. The first-order valence-corrected chi connectivity index (χ1v) is 7.48. The van der Waals surface area contributed by atoms with Crippen molar-refractivity contribution in [1.29, 1.82) is 0 Å². The number of aryl methyl sites for hydroxylation is 2. The average Bonchev–Trinajstić information content (AvgIpc) is 2.91. The highest BCUT2D eigenvalue weighted by Gasteiger charge is 2.18. The summed E-state index contributed by atoms with van der Waals surface area (Å²) in [5.74, 6) is 0.971. The molecule has 0 saturated carbocycles. The molecular formula is C19H21NO. The monoisotopic (exact) mass is 279 g/mol. The highest BCUT2D eigenvalue weighted by Crippen LogP contribution is 2.30. The van der Waals surface area contributed by atoms with Crippen molar-refractivity contribution in [2.75, 3.05) is 7.05 Å². The third-order valence-electron chi connectivity index (χ3n) is 4.01. The van der Waals surface area contributed by atoms with Gasteiger partial charge in [-0.05, 0) is 49.7 Å². The zero-order valence-electron chi connectivity index (χ0n) is 12.8. The van der Waals surface area contributed by atoms with Crippen molar-refractivity contribution in [2.24, 2.45) is 0 Å². The smallest absolute Gasteiger partial charge is 0.134 e. The van der Waals surface area contributed by atoms with Crippen molar-refractivity contribution >= 4 is 11.0 Å². The molecule has 0 fully saturated rings. The van der Waals surface area contributed by atoms with Crippen molar-refractivity contribution in [2.45, 2.75) is 26.3 Å². The lowest BCUT2D eigenvalue weighted by Gasteiger charge is -2.17. The third kappa shape index (κ3) is 2.59. The Morgan fingerprint density at radius 2 is 1.90 bits per heavy atom. The maximum atomic E-state index is 6.07. The summed E-state index contributed by atoms with van der Waals surface area (Å²) >= 11 is 0. The fraction of sp³-hybridized carbons (Fsp3) is 0.263. The molecule has 108 valence electrons. The van der Waals surface area contributed by atoms with Gasteiger partial charge in [0.25, 0.3) is 0 Å². The van der Waals surface area contributed by atoms with E-state index >= 15 is 0 Å². The van der Waals surface area contributed by atoms with Crippen LogP contribution in [0.3, 0.4) is 0 Å². The van der Waals surface area contributed by atoms with Gasteiger partial charge in [-0.2, -0.15) is 0 Å². The summed E-state index contributed by atoms with van der Waals surface area (Å²) in [7, 11) is 1.98. The Bertz CT molecular complexity index is 757. The van der Waals surface area contributed by atoms with Gasteiger partial charge in [0, 0.05) is 5.39 Å². The molecule has 1 unspecified atom stereocenters. The normalized spacial score (nSPS) is 12.7. The van der Waals surface area contributed by atoms with Gasteiger partial charge in [0.15, 0.2) is 0 Å². The second-order valence-electron chi connectivity index (χ2n) is 5.46. The molecule has 3 aromatic rings. The Morgan fingerprint density at radius 3 is 2.67 bits per heavy atom. The van der Waals surface area contributed by atoms with Gasteiger partial charge in [-0.15, -0.1) is 0 Å². The lowest BCUT2D eigenvalue weighted by molar-refractivity contribution is 0.490. The van der Waals surface area contributed by atoms with Crippen LogP contribution in [0.2, 0.25) is 0 Å². The molecule has 21 heavy (non-hydrogen) atoms. The number of nitrogens with one attached hydrogen (secondary N) is 1. The van der Waals surface area contributed by atoms with Gasteiger partial charge in [0.1, 0.15) is 11.3 Å². The van der Waals surface area contributed by atoms with E-state index in [2.05, 4.69) is 61.6 Å². The maximum Gasteiger partial charge on any atom is 0.134 e. The molecule has 0 bridgehead atoms. The minimum atomic E-state index is 0.0915. The lowest BCUT2D eigenvalue weighted by Crippen LogP contribution is -2.18. The van der Waals surface area contributed by atoms with Crippen molar-refractivity contribution in [3.8, 4) is 0 Å². The number of hydrogen-bond acceptors (Lipinski definition) is 2. The number of furan rings is 1. The zero-order chi connectivity index (χ0) is 14.8. The van der Waals surface area contributed by atoms with Crippen molar-refractivity contribution in [3.05, 3.63) is 71.0 Å². The van der Waals surface area contributed by atoms with Crippen LogP contribution in [0.5, 0.6) is 0 Å². The Hall–Kier alpha value is -2.06. The van der Waals surface area contributed by atoms with E-state index in [0.29, 0.717) is 0 Å². The minimum Gasteiger partial charge on any atom is -0.459 e. The molecule has 0 spiro atoms. The lowest BCUT2D eigenvalue weighted by atomic mass is 9.97. The van der Waals surface area contributed by atoms with Gasteiger partial charge in [-0.1, -0.05) is 42.8 Å². The minimum absolute atomic E-state index is 0.0915.